The van der Waals surface area contributed by atoms with Crippen molar-refractivity contribution in [3.63, 3.8) is 0 Å². The number of nitrogens with zero attached hydrogens (tertiary/aromatic N) is 2. The van der Waals surface area contributed by atoms with Gasteiger partial charge in [0, 0.05) is 25.3 Å². The van der Waals surface area contributed by atoms with Gasteiger partial charge in [-0.2, -0.15) is 0 Å². The minimum absolute atomic E-state index is 0.195. The van der Waals surface area contributed by atoms with Gasteiger partial charge in [0.15, 0.2) is 5.82 Å². The van der Waals surface area contributed by atoms with Gasteiger partial charge in [-0.05, 0) is 32.6 Å². The second-order valence-electron chi connectivity index (χ2n) is 5.45. The van der Waals surface area contributed by atoms with Gasteiger partial charge in [0.1, 0.15) is 18.2 Å². The maximum Gasteiger partial charge on any atom is 0.158 e. The lowest BCUT2D eigenvalue weighted by atomic mass is 9.78. The number of ether oxygens (including phenoxy) is 1. The first-order valence-corrected chi connectivity index (χ1v) is 7.04. The van der Waals surface area contributed by atoms with Gasteiger partial charge in [-0.3, -0.25) is 0 Å². The molecule has 1 fully saturated rings. The molecule has 1 heterocycles. The third-order valence-corrected chi connectivity index (χ3v) is 3.49. The van der Waals surface area contributed by atoms with E-state index in [1.54, 1.807) is 7.11 Å². The van der Waals surface area contributed by atoms with Crippen LogP contribution in [0.3, 0.4) is 0 Å². The van der Waals surface area contributed by atoms with Crippen LogP contribution in [0.5, 0.6) is 0 Å². The zero-order chi connectivity index (χ0) is 13.7. The van der Waals surface area contributed by atoms with Crippen LogP contribution >= 0.6 is 0 Å². The third kappa shape index (κ3) is 3.80. The molecule has 1 aliphatic carbocycles. The van der Waals surface area contributed by atoms with Crippen LogP contribution in [-0.4, -0.2) is 29.2 Å². The molecular weight excluding hydrogens is 240 g/mol. The Balaban J connectivity index is 2.13. The first kappa shape index (κ1) is 14.1. The van der Waals surface area contributed by atoms with Crippen LogP contribution in [0.1, 0.15) is 45.4 Å². The van der Waals surface area contributed by atoms with Crippen molar-refractivity contribution in [3.8, 4) is 0 Å². The number of aromatic nitrogens is 2. The van der Waals surface area contributed by atoms with Crippen molar-refractivity contribution in [2.45, 2.75) is 51.7 Å². The molecule has 5 nitrogen and oxygen atoms in total. The second-order valence-corrected chi connectivity index (χ2v) is 5.45. The Morgan fingerprint density at radius 3 is 2.63 bits per heavy atom. The summed E-state index contributed by atoms with van der Waals surface area (Å²) >= 11 is 0. The van der Waals surface area contributed by atoms with Crippen molar-refractivity contribution in [1.82, 2.24) is 9.97 Å². The van der Waals surface area contributed by atoms with Crippen LogP contribution < -0.4 is 10.6 Å². The average molecular weight is 264 g/mol. The van der Waals surface area contributed by atoms with E-state index >= 15 is 0 Å². The Labute approximate surface area is 115 Å². The smallest absolute Gasteiger partial charge is 0.158 e. The zero-order valence-corrected chi connectivity index (χ0v) is 12.1. The largest absolute Gasteiger partial charge is 0.377 e. The van der Waals surface area contributed by atoms with Gasteiger partial charge in [0.25, 0.3) is 0 Å². The fourth-order valence-corrected chi connectivity index (χ4v) is 2.24. The Hall–Kier alpha value is -1.36. The number of methoxy groups -OCH3 is 1. The van der Waals surface area contributed by atoms with Gasteiger partial charge < -0.3 is 15.4 Å². The molecule has 1 aromatic heterocycles. The maximum atomic E-state index is 5.13. The van der Waals surface area contributed by atoms with Crippen LogP contribution in [0, 0.1) is 0 Å². The summed E-state index contributed by atoms with van der Waals surface area (Å²) < 4.78 is 5.13. The molecule has 0 radical (unpaired) electrons. The lowest BCUT2D eigenvalue weighted by molar-refractivity contribution is 0.178. The lowest BCUT2D eigenvalue weighted by Crippen LogP contribution is -2.42. The normalized spacial score (nSPS) is 16.8. The van der Waals surface area contributed by atoms with Gasteiger partial charge in [-0.25, -0.2) is 9.97 Å². The number of hydrogen-bond acceptors (Lipinski definition) is 5. The van der Waals surface area contributed by atoms with Gasteiger partial charge in [0.05, 0.1) is 0 Å². The summed E-state index contributed by atoms with van der Waals surface area (Å²) in [5.74, 6) is 2.48. The molecule has 19 heavy (non-hydrogen) atoms. The van der Waals surface area contributed by atoms with Gasteiger partial charge in [-0.15, -0.1) is 0 Å². The first-order valence-electron chi connectivity index (χ1n) is 7.04. The predicted molar refractivity (Wildman–Crippen MR) is 77.4 cm³/mol. The van der Waals surface area contributed by atoms with E-state index in [2.05, 4.69) is 34.4 Å². The van der Waals surface area contributed by atoms with Crippen LogP contribution in [-0.2, 0) is 11.3 Å². The molecule has 0 saturated heterocycles. The fraction of sp³-hybridized carbons (Fsp3) is 0.714. The van der Waals surface area contributed by atoms with Crippen LogP contribution in [0.4, 0.5) is 11.6 Å². The van der Waals surface area contributed by atoms with E-state index in [1.165, 1.54) is 19.3 Å². The second kappa shape index (κ2) is 6.19. The molecule has 0 bridgehead atoms. The molecular formula is C14H24N4O. The third-order valence-electron chi connectivity index (χ3n) is 3.49. The summed E-state index contributed by atoms with van der Waals surface area (Å²) in [6.07, 6.45) is 4.77. The summed E-state index contributed by atoms with van der Waals surface area (Å²) in [6.45, 7) is 5.74. The predicted octanol–water partition coefficient (Wildman–Crippen LogP) is 2.80. The summed E-state index contributed by atoms with van der Waals surface area (Å²) in [4.78, 5) is 8.96. The SMILES string of the molecule is CCCNc1cc(NC2(C)CCC2)nc(COC)n1. The molecule has 0 amide bonds. The lowest BCUT2D eigenvalue weighted by Gasteiger charge is -2.39. The highest BCUT2D eigenvalue weighted by atomic mass is 16.5. The molecule has 0 atom stereocenters. The molecule has 0 aliphatic heterocycles. The zero-order valence-electron chi connectivity index (χ0n) is 12.1. The molecule has 0 aromatic carbocycles. The van der Waals surface area contributed by atoms with Crippen LogP contribution in [0.25, 0.3) is 0 Å². The van der Waals surface area contributed by atoms with E-state index in [1.807, 2.05) is 6.07 Å². The monoisotopic (exact) mass is 264 g/mol. The number of rotatable bonds is 7. The van der Waals surface area contributed by atoms with E-state index in [0.29, 0.717) is 12.4 Å². The summed E-state index contributed by atoms with van der Waals surface area (Å²) in [6, 6.07) is 1.98. The van der Waals surface area contributed by atoms with Crippen molar-refractivity contribution in [2.24, 2.45) is 0 Å². The van der Waals surface area contributed by atoms with Crippen molar-refractivity contribution >= 4 is 11.6 Å². The summed E-state index contributed by atoms with van der Waals surface area (Å²) in [5.41, 5.74) is 0.195. The Morgan fingerprint density at radius 1 is 1.32 bits per heavy atom. The van der Waals surface area contributed by atoms with E-state index in [0.717, 1.165) is 24.6 Å². The van der Waals surface area contributed by atoms with Crippen molar-refractivity contribution < 1.29 is 4.74 Å². The first-order chi connectivity index (χ1) is 9.15. The van der Waals surface area contributed by atoms with E-state index in [9.17, 15) is 0 Å². The number of hydrogen-bond donors (Lipinski definition) is 2. The van der Waals surface area contributed by atoms with Crippen molar-refractivity contribution in [1.29, 1.82) is 0 Å². The average Bonchev–Trinajstić information content (AvgIpc) is 2.35. The molecule has 5 heteroatoms. The fourth-order valence-electron chi connectivity index (χ4n) is 2.24. The molecule has 2 rings (SSSR count). The Bertz CT molecular complexity index is 418. The quantitative estimate of drug-likeness (QED) is 0.793. The number of anilines is 2. The van der Waals surface area contributed by atoms with Gasteiger partial charge in [0.2, 0.25) is 0 Å². The molecule has 2 N–H and O–H groups in total. The van der Waals surface area contributed by atoms with Crippen molar-refractivity contribution in [3.05, 3.63) is 11.9 Å². The van der Waals surface area contributed by atoms with Crippen LogP contribution in [0.15, 0.2) is 6.07 Å². The van der Waals surface area contributed by atoms with E-state index in [-0.39, 0.29) is 5.54 Å². The maximum absolute atomic E-state index is 5.13. The van der Waals surface area contributed by atoms with Crippen LogP contribution in [0.2, 0.25) is 0 Å². The molecule has 1 aromatic rings. The minimum atomic E-state index is 0.195. The molecule has 0 unspecified atom stereocenters. The number of nitrogens with one attached hydrogen (secondary N) is 2. The van der Waals surface area contributed by atoms with Gasteiger partial charge in [-0.1, -0.05) is 6.92 Å². The topological polar surface area (TPSA) is 59.1 Å². The summed E-state index contributed by atoms with van der Waals surface area (Å²) in [7, 11) is 1.66. The van der Waals surface area contributed by atoms with Crippen molar-refractivity contribution in [2.75, 3.05) is 24.3 Å². The minimum Gasteiger partial charge on any atom is -0.377 e. The van der Waals surface area contributed by atoms with Gasteiger partial charge >= 0.3 is 0 Å². The molecule has 0 spiro atoms. The highest BCUT2D eigenvalue weighted by Gasteiger charge is 2.31. The highest BCUT2D eigenvalue weighted by Crippen LogP contribution is 2.34. The highest BCUT2D eigenvalue weighted by molar-refractivity contribution is 5.49. The molecule has 106 valence electrons. The molecule has 1 aliphatic rings. The summed E-state index contributed by atoms with van der Waals surface area (Å²) in [5, 5.41) is 6.83. The Morgan fingerprint density at radius 2 is 2.05 bits per heavy atom. The Kier molecular flexibility index (Phi) is 4.58. The van der Waals surface area contributed by atoms with E-state index < -0.39 is 0 Å². The van der Waals surface area contributed by atoms with E-state index in [4.69, 9.17) is 4.74 Å². The molecule has 1 saturated carbocycles. The standard InChI is InChI=1S/C14H24N4O/c1-4-8-15-11-9-12(17-13(16-11)10-19-3)18-14(2)6-5-7-14/h9H,4-8,10H2,1-3H3,(H2,15,16,17,18).